The molecule has 0 spiro atoms. The summed E-state index contributed by atoms with van der Waals surface area (Å²) in [6.07, 6.45) is 0.407. The molecule has 1 aromatic rings. The average molecular weight is 413 g/mol. The predicted octanol–water partition coefficient (Wildman–Crippen LogP) is 1.53. The van der Waals surface area contributed by atoms with E-state index in [0.717, 1.165) is 0 Å². The molecule has 1 aromatic carbocycles. The molecule has 0 bridgehead atoms. The number of hydrogen-bond donors (Lipinski definition) is 0. The van der Waals surface area contributed by atoms with Crippen LogP contribution in [0.1, 0.15) is 30.6 Å². The Balaban J connectivity index is 2.04. The van der Waals surface area contributed by atoms with E-state index >= 15 is 0 Å². The molecule has 1 amide bonds. The second kappa shape index (κ2) is 9.27. The van der Waals surface area contributed by atoms with Gasteiger partial charge in [0.1, 0.15) is 0 Å². The standard InChI is InChI=1S/C19H27NO7S/c1-13(2)10-20(15-7-8-28(23,24)12-15)18(21)11-27-19(22)14-5-6-16(25-3)17(9-14)26-4/h5-6,9,13,15H,7-8,10-12H2,1-4H3/t15-/m1/s1. The molecule has 8 nitrogen and oxygen atoms in total. The number of carbonyl (C=O) groups excluding carboxylic acids is 2. The molecule has 1 aliphatic heterocycles. The van der Waals surface area contributed by atoms with Crippen molar-refractivity contribution in [3.8, 4) is 11.5 Å². The summed E-state index contributed by atoms with van der Waals surface area (Å²) in [5.41, 5.74) is 0.226. The van der Waals surface area contributed by atoms with Gasteiger partial charge < -0.3 is 19.1 Å². The van der Waals surface area contributed by atoms with Gasteiger partial charge in [0.25, 0.3) is 5.91 Å². The van der Waals surface area contributed by atoms with Gasteiger partial charge in [0, 0.05) is 12.6 Å². The third-order valence-electron chi connectivity index (χ3n) is 4.48. The number of ether oxygens (including phenoxy) is 3. The van der Waals surface area contributed by atoms with E-state index in [1.165, 1.54) is 31.3 Å². The summed E-state index contributed by atoms with van der Waals surface area (Å²) in [7, 11) is -0.184. The van der Waals surface area contributed by atoms with Crippen molar-refractivity contribution in [2.24, 2.45) is 5.92 Å². The Hall–Kier alpha value is -2.29. The second-order valence-corrected chi connectivity index (χ2v) is 9.37. The van der Waals surface area contributed by atoms with Crippen LogP contribution in [0.3, 0.4) is 0 Å². The molecule has 1 atom stereocenters. The topological polar surface area (TPSA) is 99.2 Å². The Kier molecular flexibility index (Phi) is 7.29. The third kappa shape index (κ3) is 5.60. The lowest BCUT2D eigenvalue weighted by Gasteiger charge is -2.29. The molecular formula is C19H27NO7S. The molecular weight excluding hydrogens is 386 g/mol. The van der Waals surface area contributed by atoms with E-state index in [2.05, 4.69) is 0 Å². The van der Waals surface area contributed by atoms with Gasteiger partial charge in [-0.15, -0.1) is 0 Å². The molecule has 0 unspecified atom stereocenters. The van der Waals surface area contributed by atoms with Crippen LogP contribution in [0.5, 0.6) is 11.5 Å². The van der Waals surface area contributed by atoms with Crippen molar-refractivity contribution in [1.82, 2.24) is 4.90 Å². The molecule has 0 radical (unpaired) electrons. The maximum absolute atomic E-state index is 12.6. The first-order chi connectivity index (χ1) is 13.2. The number of esters is 1. The zero-order chi connectivity index (χ0) is 20.9. The first-order valence-corrected chi connectivity index (χ1v) is 10.9. The number of sulfone groups is 1. The van der Waals surface area contributed by atoms with Gasteiger partial charge in [-0.25, -0.2) is 13.2 Å². The Morgan fingerprint density at radius 1 is 1.18 bits per heavy atom. The van der Waals surface area contributed by atoms with Crippen LogP contribution in [0, 0.1) is 5.92 Å². The summed E-state index contributed by atoms with van der Waals surface area (Å²) in [5.74, 6) is -0.0297. The van der Waals surface area contributed by atoms with E-state index in [1.807, 2.05) is 13.8 Å². The highest BCUT2D eigenvalue weighted by Gasteiger charge is 2.35. The molecule has 0 aromatic heterocycles. The van der Waals surface area contributed by atoms with E-state index in [-0.39, 0.29) is 29.0 Å². The number of benzene rings is 1. The van der Waals surface area contributed by atoms with Crippen molar-refractivity contribution in [2.75, 3.05) is 38.9 Å². The van der Waals surface area contributed by atoms with Crippen LogP contribution >= 0.6 is 0 Å². The Bertz CT molecular complexity index is 820. The van der Waals surface area contributed by atoms with Gasteiger partial charge in [-0.05, 0) is 30.5 Å². The molecule has 1 aliphatic rings. The molecule has 0 N–H and O–H groups in total. The van der Waals surface area contributed by atoms with Crippen molar-refractivity contribution < 1.29 is 32.2 Å². The van der Waals surface area contributed by atoms with Crippen LogP contribution in [0.2, 0.25) is 0 Å². The number of rotatable bonds is 8. The van der Waals surface area contributed by atoms with Crippen LogP contribution in [0.4, 0.5) is 0 Å². The van der Waals surface area contributed by atoms with Crippen LogP contribution in [0.15, 0.2) is 18.2 Å². The van der Waals surface area contributed by atoms with E-state index in [1.54, 1.807) is 6.07 Å². The monoisotopic (exact) mass is 413 g/mol. The maximum Gasteiger partial charge on any atom is 0.338 e. The fourth-order valence-corrected chi connectivity index (χ4v) is 4.86. The summed E-state index contributed by atoms with van der Waals surface area (Å²) in [6, 6.07) is 4.19. The lowest BCUT2D eigenvalue weighted by molar-refractivity contribution is -0.137. The smallest absolute Gasteiger partial charge is 0.338 e. The molecule has 0 saturated carbocycles. The number of carbonyl (C=O) groups is 2. The highest BCUT2D eigenvalue weighted by molar-refractivity contribution is 7.91. The van der Waals surface area contributed by atoms with Crippen molar-refractivity contribution in [3.05, 3.63) is 23.8 Å². The van der Waals surface area contributed by atoms with Gasteiger partial charge in [-0.3, -0.25) is 4.79 Å². The molecule has 9 heteroatoms. The lowest BCUT2D eigenvalue weighted by Crippen LogP contribution is -2.45. The van der Waals surface area contributed by atoms with Crippen molar-refractivity contribution in [3.63, 3.8) is 0 Å². The number of hydrogen-bond acceptors (Lipinski definition) is 7. The van der Waals surface area contributed by atoms with E-state index < -0.39 is 28.3 Å². The van der Waals surface area contributed by atoms with Crippen molar-refractivity contribution in [2.45, 2.75) is 26.3 Å². The van der Waals surface area contributed by atoms with E-state index in [9.17, 15) is 18.0 Å². The zero-order valence-electron chi connectivity index (χ0n) is 16.6. The highest BCUT2D eigenvalue weighted by atomic mass is 32.2. The van der Waals surface area contributed by atoms with E-state index in [0.29, 0.717) is 24.5 Å². The lowest BCUT2D eigenvalue weighted by atomic mass is 10.1. The van der Waals surface area contributed by atoms with Crippen LogP contribution in [-0.2, 0) is 19.4 Å². The third-order valence-corrected chi connectivity index (χ3v) is 6.23. The molecule has 156 valence electrons. The van der Waals surface area contributed by atoms with Crippen LogP contribution < -0.4 is 9.47 Å². The summed E-state index contributed by atoms with van der Waals surface area (Å²) in [6.45, 7) is 3.85. The van der Waals surface area contributed by atoms with Crippen molar-refractivity contribution >= 4 is 21.7 Å². The first-order valence-electron chi connectivity index (χ1n) is 9.06. The summed E-state index contributed by atoms with van der Waals surface area (Å²) < 4.78 is 39.0. The summed E-state index contributed by atoms with van der Waals surface area (Å²) in [5, 5.41) is 0. The van der Waals surface area contributed by atoms with E-state index in [4.69, 9.17) is 14.2 Å². The molecule has 1 saturated heterocycles. The summed E-state index contributed by atoms with van der Waals surface area (Å²) >= 11 is 0. The minimum absolute atomic E-state index is 0.0465. The molecule has 2 rings (SSSR count). The Morgan fingerprint density at radius 3 is 2.39 bits per heavy atom. The van der Waals surface area contributed by atoms with Gasteiger partial charge in [-0.1, -0.05) is 13.8 Å². The first kappa shape index (κ1) is 22.0. The normalized spacial score (nSPS) is 18.0. The summed E-state index contributed by atoms with van der Waals surface area (Å²) in [4.78, 5) is 26.5. The highest BCUT2D eigenvalue weighted by Crippen LogP contribution is 2.27. The van der Waals surface area contributed by atoms with Gasteiger partial charge >= 0.3 is 5.97 Å². The largest absolute Gasteiger partial charge is 0.493 e. The fourth-order valence-electron chi connectivity index (χ4n) is 3.13. The molecule has 1 heterocycles. The van der Waals surface area contributed by atoms with Gasteiger partial charge in [0.15, 0.2) is 27.9 Å². The molecule has 0 aliphatic carbocycles. The SMILES string of the molecule is COc1ccc(C(=O)OCC(=O)N(CC(C)C)[C@@H]2CCS(=O)(=O)C2)cc1OC. The molecule has 28 heavy (non-hydrogen) atoms. The minimum Gasteiger partial charge on any atom is -0.493 e. The molecule has 1 fully saturated rings. The Morgan fingerprint density at radius 2 is 1.86 bits per heavy atom. The quantitative estimate of drug-likeness (QED) is 0.596. The number of amides is 1. The average Bonchev–Trinajstić information content (AvgIpc) is 3.02. The van der Waals surface area contributed by atoms with Crippen molar-refractivity contribution in [1.29, 1.82) is 0 Å². The predicted molar refractivity (Wildman–Crippen MR) is 103 cm³/mol. The number of nitrogens with zero attached hydrogens (tertiary/aromatic N) is 1. The van der Waals surface area contributed by atoms with Gasteiger partial charge in [0.05, 0.1) is 31.3 Å². The van der Waals surface area contributed by atoms with Gasteiger partial charge in [-0.2, -0.15) is 0 Å². The Labute approximate surface area is 165 Å². The second-order valence-electron chi connectivity index (χ2n) is 7.14. The maximum atomic E-state index is 12.6. The minimum atomic E-state index is -3.13. The fraction of sp³-hybridized carbons (Fsp3) is 0.579. The van der Waals surface area contributed by atoms with Crippen LogP contribution in [-0.4, -0.2) is 70.1 Å². The van der Waals surface area contributed by atoms with Gasteiger partial charge in [0.2, 0.25) is 0 Å². The number of methoxy groups -OCH3 is 2. The van der Waals surface area contributed by atoms with Crippen LogP contribution in [0.25, 0.3) is 0 Å². The zero-order valence-corrected chi connectivity index (χ0v) is 17.5.